The van der Waals surface area contributed by atoms with Crippen LogP contribution in [0.25, 0.3) is 0 Å². The second-order valence-electron chi connectivity index (χ2n) is 1.68. The Morgan fingerprint density at radius 2 is 2.70 bits per heavy atom. The number of aromatic nitrogens is 1. The summed E-state index contributed by atoms with van der Waals surface area (Å²) in [5.74, 6) is 0. The highest BCUT2D eigenvalue weighted by Gasteiger charge is 1.91. The summed E-state index contributed by atoms with van der Waals surface area (Å²) in [5.41, 5.74) is 2.79. The molecule has 0 spiro atoms. The molecular weight excluding hydrogens is 148 g/mol. The first kappa shape index (κ1) is 7.65. The van der Waals surface area contributed by atoms with E-state index in [0.29, 0.717) is 13.2 Å². The van der Waals surface area contributed by atoms with E-state index < -0.39 is 0 Å². The molecule has 0 saturated heterocycles. The van der Waals surface area contributed by atoms with E-state index in [9.17, 15) is 0 Å². The van der Waals surface area contributed by atoms with Gasteiger partial charge in [-0.1, -0.05) is 0 Å². The first-order valence-corrected chi connectivity index (χ1v) is 4.04. The normalized spacial score (nSPS) is 10.1. The lowest BCUT2D eigenvalue weighted by Crippen LogP contribution is -2.13. The van der Waals surface area contributed by atoms with Crippen molar-refractivity contribution < 1.29 is 4.84 Å². The molecule has 1 aromatic rings. The third kappa shape index (κ3) is 2.43. The van der Waals surface area contributed by atoms with Crippen LogP contribution >= 0.6 is 11.3 Å². The predicted molar refractivity (Wildman–Crippen MR) is 40.6 cm³/mol. The summed E-state index contributed by atoms with van der Waals surface area (Å²) in [4.78, 5) is 8.99. The minimum absolute atomic E-state index is 0.686. The Morgan fingerprint density at radius 3 is 3.30 bits per heavy atom. The number of hydrogen-bond donors (Lipinski definition) is 1. The first-order chi connectivity index (χ1) is 4.93. The van der Waals surface area contributed by atoms with Crippen molar-refractivity contribution in [3.8, 4) is 0 Å². The summed E-state index contributed by atoms with van der Waals surface area (Å²) in [7, 11) is 0. The van der Waals surface area contributed by atoms with Crippen LogP contribution in [0.1, 0.15) is 11.9 Å². The van der Waals surface area contributed by atoms with Gasteiger partial charge in [-0.2, -0.15) is 5.48 Å². The van der Waals surface area contributed by atoms with E-state index in [2.05, 4.69) is 10.5 Å². The molecule has 0 aliphatic rings. The zero-order chi connectivity index (χ0) is 7.23. The van der Waals surface area contributed by atoms with Crippen LogP contribution in [-0.4, -0.2) is 11.6 Å². The lowest BCUT2D eigenvalue weighted by atomic mass is 10.7. The van der Waals surface area contributed by atoms with Crippen molar-refractivity contribution in [3.63, 3.8) is 0 Å². The molecule has 0 bridgehead atoms. The highest BCUT2D eigenvalue weighted by Crippen LogP contribution is 2.01. The van der Waals surface area contributed by atoms with Gasteiger partial charge in [-0.05, 0) is 6.92 Å². The molecule has 0 unspecified atom stereocenters. The molecule has 0 saturated carbocycles. The summed E-state index contributed by atoms with van der Waals surface area (Å²) in [6, 6.07) is 0. The molecule has 0 aliphatic heterocycles. The molecule has 0 aliphatic carbocycles. The molecule has 10 heavy (non-hydrogen) atoms. The van der Waals surface area contributed by atoms with Crippen molar-refractivity contribution in [3.05, 3.63) is 16.6 Å². The number of nitrogens with zero attached hydrogens (tertiary/aromatic N) is 1. The smallest absolute Gasteiger partial charge is 0.109 e. The molecular formula is C6H10N2OS. The summed E-state index contributed by atoms with van der Waals surface area (Å²) >= 11 is 1.62. The Kier molecular flexibility index (Phi) is 3.35. The quantitative estimate of drug-likeness (QED) is 0.528. The fourth-order valence-electron chi connectivity index (χ4n) is 0.555. The van der Waals surface area contributed by atoms with Crippen LogP contribution in [0.2, 0.25) is 0 Å². The van der Waals surface area contributed by atoms with Gasteiger partial charge in [-0.25, -0.2) is 4.98 Å². The zero-order valence-corrected chi connectivity index (χ0v) is 6.65. The Balaban J connectivity index is 2.15. The molecule has 3 nitrogen and oxygen atoms in total. The molecule has 1 rings (SSSR count). The number of hydrogen-bond acceptors (Lipinski definition) is 4. The van der Waals surface area contributed by atoms with Crippen LogP contribution in [0.3, 0.4) is 0 Å². The molecule has 0 atom stereocenters. The van der Waals surface area contributed by atoms with Gasteiger partial charge in [-0.15, -0.1) is 11.3 Å². The summed E-state index contributed by atoms with van der Waals surface area (Å²) < 4.78 is 0. The summed E-state index contributed by atoms with van der Waals surface area (Å²) in [6.07, 6.45) is 1.79. The lowest BCUT2D eigenvalue weighted by Gasteiger charge is -1.98. The van der Waals surface area contributed by atoms with Gasteiger partial charge in [0, 0.05) is 11.6 Å². The Bertz CT molecular complexity index is 164. The van der Waals surface area contributed by atoms with E-state index in [1.54, 1.807) is 17.5 Å². The molecule has 4 heteroatoms. The highest BCUT2D eigenvalue weighted by atomic mass is 32.1. The Labute approximate surface area is 64.0 Å². The number of rotatable bonds is 4. The molecule has 1 aromatic heterocycles. The van der Waals surface area contributed by atoms with Gasteiger partial charge in [-0.3, -0.25) is 0 Å². The molecule has 0 aromatic carbocycles. The molecule has 1 heterocycles. The monoisotopic (exact) mass is 158 g/mol. The van der Waals surface area contributed by atoms with Gasteiger partial charge in [0.25, 0.3) is 0 Å². The van der Waals surface area contributed by atoms with Gasteiger partial charge >= 0.3 is 0 Å². The third-order valence-corrected chi connectivity index (χ3v) is 1.73. The number of hydroxylamine groups is 1. The minimum Gasteiger partial charge on any atom is -0.302 e. The Hall–Kier alpha value is -0.450. The number of nitrogens with one attached hydrogen (secondary N) is 1. The van der Waals surface area contributed by atoms with Gasteiger partial charge in [0.2, 0.25) is 0 Å². The molecule has 0 fully saturated rings. The SMILES string of the molecule is CCONCc1nccs1. The van der Waals surface area contributed by atoms with Crippen LogP contribution in [0.4, 0.5) is 0 Å². The van der Waals surface area contributed by atoms with E-state index in [-0.39, 0.29) is 0 Å². The highest BCUT2D eigenvalue weighted by molar-refractivity contribution is 7.09. The average Bonchev–Trinajstić information content (AvgIpc) is 2.41. The van der Waals surface area contributed by atoms with Crippen molar-refractivity contribution in [2.24, 2.45) is 0 Å². The standard InChI is InChI=1S/C6H10N2OS/c1-2-9-8-5-6-7-3-4-10-6/h3-4,8H,2,5H2,1H3. The van der Waals surface area contributed by atoms with E-state index in [1.807, 2.05) is 12.3 Å². The van der Waals surface area contributed by atoms with Crippen molar-refractivity contribution in [2.45, 2.75) is 13.5 Å². The Morgan fingerprint density at radius 1 is 1.80 bits per heavy atom. The van der Waals surface area contributed by atoms with Crippen molar-refractivity contribution in [1.82, 2.24) is 10.5 Å². The van der Waals surface area contributed by atoms with Crippen LogP contribution in [0.15, 0.2) is 11.6 Å². The molecule has 1 N–H and O–H groups in total. The van der Waals surface area contributed by atoms with E-state index in [1.165, 1.54) is 0 Å². The minimum atomic E-state index is 0.686. The third-order valence-electron chi connectivity index (χ3n) is 0.953. The second kappa shape index (κ2) is 4.38. The van der Waals surface area contributed by atoms with Gasteiger partial charge in [0.15, 0.2) is 0 Å². The summed E-state index contributed by atoms with van der Waals surface area (Å²) in [6.45, 7) is 3.33. The molecule has 0 radical (unpaired) electrons. The van der Waals surface area contributed by atoms with Crippen molar-refractivity contribution in [1.29, 1.82) is 0 Å². The van der Waals surface area contributed by atoms with E-state index >= 15 is 0 Å². The topological polar surface area (TPSA) is 34.1 Å². The maximum atomic E-state index is 4.92. The maximum Gasteiger partial charge on any atom is 0.109 e. The number of thiazole rings is 1. The summed E-state index contributed by atoms with van der Waals surface area (Å²) in [5, 5.41) is 3.00. The van der Waals surface area contributed by atoms with Crippen LogP contribution in [-0.2, 0) is 11.4 Å². The van der Waals surface area contributed by atoms with Crippen LogP contribution < -0.4 is 5.48 Å². The maximum absolute atomic E-state index is 4.92. The lowest BCUT2D eigenvalue weighted by molar-refractivity contribution is 0.0463. The van der Waals surface area contributed by atoms with Gasteiger partial charge in [0.05, 0.1) is 13.2 Å². The fraction of sp³-hybridized carbons (Fsp3) is 0.500. The molecule has 0 amide bonds. The van der Waals surface area contributed by atoms with Crippen molar-refractivity contribution >= 4 is 11.3 Å². The van der Waals surface area contributed by atoms with Crippen LogP contribution in [0.5, 0.6) is 0 Å². The van der Waals surface area contributed by atoms with Crippen LogP contribution in [0, 0.1) is 0 Å². The van der Waals surface area contributed by atoms with Gasteiger partial charge in [0.1, 0.15) is 5.01 Å². The predicted octanol–water partition coefficient (Wildman–Crippen LogP) is 1.18. The average molecular weight is 158 g/mol. The van der Waals surface area contributed by atoms with Gasteiger partial charge < -0.3 is 4.84 Å². The second-order valence-corrected chi connectivity index (χ2v) is 2.66. The zero-order valence-electron chi connectivity index (χ0n) is 5.83. The van der Waals surface area contributed by atoms with E-state index in [4.69, 9.17) is 4.84 Å². The first-order valence-electron chi connectivity index (χ1n) is 3.16. The van der Waals surface area contributed by atoms with Crippen molar-refractivity contribution in [2.75, 3.05) is 6.61 Å². The van der Waals surface area contributed by atoms with E-state index in [0.717, 1.165) is 5.01 Å². The molecule has 56 valence electrons. The largest absolute Gasteiger partial charge is 0.302 e. The fourth-order valence-corrected chi connectivity index (χ4v) is 1.10.